The molecule has 2 aromatic rings. The van der Waals surface area contributed by atoms with E-state index in [1.165, 1.54) is 12.0 Å². The lowest BCUT2D eigenvalue weighted by atomic mass is 9.63. The summed E-state index contributed by atoms with van der Waals surface area (Å²) < 4.78 is 27.3. The predicted molar refractivity (Wildman–Crippen MR) is 145 cm³/mol. The van der Waals surface area contributed by atoms with Crippen molar-refractivity contribution in [3.05, 3.63) is 47.7 Å². The van der Waals surface area contributed by atoms with Gasteiger partial charge in [-0.2, -0.15) is 0 Å². The van der Waals surface area contributed by atoms with Crippen LogP contribution in [0.25, 0.3) is 11.1 Å². The van der Waals surface area contributed by atoms with Gasteiger partial charge < -0.3 is 16.2 Å². The number of hydrogen-bond donors (Lipinski definition) is 3. The number of benzene rings is 1. The number of nitrogens with zero attached hydrogens (tertiary/aromatic N) is 2. The first-order chi connectivity index (χ1) is 18.6. The molecule has 0 radical (unpaired) electrons. The second-order valence-corrected chi connectivity index (χ2v) is 13.3. The third-order valence-corrected chi connectivity index (χ3v) is 10.9. The molecule has 6 fully saturated rings. The zero-order valence-corrected chi connectivity index (χ0v) is 22.4. The SMILES string of the molecule is Nc1ncc(-c2ccc([C@]34C[C@H]3CN(C3CCC(F)(F)CC3)C4)cc2)cc1C(=O)NC12CCC(O)(CC1)CC2. The Balaban J connectivity index is 1.04. The van der Waals surface area contributed by atoms with Gasteiger partial charge in [-0.3, -0.25) is 9.69 Å². The first-order valence-electron chi connectivity index (χ1n) is 14.6. The summed E-state index contributed by atoms with van der Waals surface area (Å²) in [5, 5.41) is 13.8. The third-order valence-electron chi connectivity index (χ3n) is 10.9. The molecule has 2 atom stereocenters. The van der Waals surface area contributed by atoms with Crippen LogP contribution in [0.4, 0.5) is 14.6 Å². The van der Waals surface area contributed by atoms with Gasteiger partial charge in [-0.1, -0.05) is 24.3 Å². The summed E-state index contributed by atoms with van der Waals surface area (Å²) in [6.07, 6.45) is 8.65. The van der Waals surface area contributed by atoms with Crippen LogP contribution in [0.2, 0.25) is 0 Å². The van der Waals surface area contributed by atoms with Crippen molar-refractivity contribution in [1.29, 1.82) is 0 Å². The first-order valence-corrected chi connectivity index (χ1v) is 14.6. The number of pyridine rings is 1. The van der Waals surface area contributed by atoms with Crippen molar-refractivity contribution in [2.45, 2.75) is 99.1 Å². The maximum atomic E-state index is 13.7. The van der Waals surface area contributed by atoms with E-state index in [0.717, 1.165) is 62.7 Å². The number of hydrogen-bond acceptors (Lipinski definition) is 5. The molecule has 39 heavy (non-hydrogen) atoms. The molecule has 1 amide bonds. The highest BCUT2D eigenvalue weighted by Crippen LogP contribution is 2.60. The number of halogens is 2. The number of aliphatic hydroxyl groups is 1. The third kappa shape index (κ3) is 4.44. The number of carbonyl (C=O) groups is 1. The van der Waals surface area contributed by atoms with Crippen LogP contribution >= 0.6 is 0 Å². The topological polar surface area (TPSA) is 91.5 Å². The molecule has 2 heterocycles. The van der Waals surface area contributed by atoms with Gasteiger partial charge in [-0.05, 0) is 80.9 Å². The molecule has 2 bridgehead atoms. The van der Waals surface area contributed by atoms with Crippen molar-refractivity contribution < 1.29 is 18.7 Å². The number of nitrogen functional groups attached to an aromatic ring is 1. The van der Waals surface area contributed by atoms with E-state index in [0.29, 0.717) is 24.3 Å². The number of piperidine rings is 1. The number of nitrogens with one attached hydrogen (secondary N) is 1. The predicted octanol–water partition coefficient (Wildman–Crippen LogP) is 5.05. The van der Waals surface area contributed by atoms with Crippen LogP contribution < -0.4 is 11.1 Å². The highest BCUT2D eigenvalue weighted by atomic mass is 19.3. The minimum Gasteiger partial charge on any atom is -0.390 e. The highest BCUT2D eigenvalue weighted by molar-refractivity contribution is 5.99. The summed E-state index contributed by atoms with van der Waals surface area (Å²) in [4.78, 5) is 20.1. The number of likely N-dealkylation sites (tertiary alicyclic amines) is 1. The number of rotatable bonds is 5. The molecule has 5 aliphatic carbocycles. The molecular weight excluding hydrogens is 498 g/mol. The van der Waals surface area contributed by atoms with E-state index in [4.69, 9.17) is 5.73 Å². The van der Waals surface area contributed by atoms with Crippen LogP contribution in [0.1, 0.15) is 86.6 Å². The summed E-state index contributed by atoms with van der Waals surface area (Å²) in [5.74, 6) is -1.85. The average Bonchev–Trinajstić information content (AvgIpc) is 3.50. The molecule has 1 aliphatic heterocycles. The Morgan fingerprint density at radius 2 is 1.67 bits per heavy atom. The second kappa shape index (κ2) is 8.71. The maximum Gasteiger partial charge on any atom is 0.255 e. The fourth-order valence-corrected chi connectivity index (χ4v) is 8.11. The Bertz CT molecular complexity index is 1260. The number of anilines is 1. The molecule has 8 rings (SSSR count). The Labute approximate surface area is 228 Å². The van der Waals surface area contributed by atoms with Crippen molar-refractivity contribution in [3.8, 4) is 11.1 Å². The van der Waals surface area contributed by atoms with Crippen molar-refractivity contribution in [2.24, 2.45) is 5.92 Å². The van der Waals surface area contributed by atoms with Crippen LogP contribution in [-0.4, -0.2) is 57.1 Å². The first kappa shape index (κ1) is 25.4. The smallest absolute Gasteiger partial charge is 0.255 e. The minimum atomic E-state index is -2.48. The van der Waals surface area contributed by atoms with Crippen LogP contribution in [0, 0.1) is 5.92 Å². The van der Waals surface area contributed by atoms with Gasteiger partial charge in [0.25, 0.3) is 5.91 Å². The summed E-state index contributed by atoms with van der Waals surface area (Å²) in [5.41, 5.74) is 9.02. The largest absolute Gasteiger partial charge is 0.390 e. The molecule has 0 unspecified atom stereocenters. The molecular formula is C31H38F2N4O2. The van der Waals surface area contributed by atoms with Gasteiger partial charge in [0.1, 0.15) is 5.82 Å². The molecule has 8 heteroatoms. The van der Waals surface area contributed by atoms with E-state index in [1.807, 2.05) is 6.07 Å². The fourth-order valence-electron chi connectivity index (χ4n) is 8.11. The quantitative estimate of drug-likeness (QED) is 0.498. The molecule has 1 aromatic heterocycles. The van der Waals surface area contributed by atoms with Gasteiger partial charge in [0.15, 0.2) is 0 Å². The van der Waals surface area contributed by atoms with Crippen molar-refractivity contribution in [2.75, 3.05) is 18.8 Å². The van der Waals surface area contributed by atoms with Gasteiger partial charge >= 0.3 is 0 Å². The molecule has 0 spiro atoms. The van der Waals surface area contributed by atoms with Crippen molar-refractivity contribution in [1.82, 2.24) is 15.2 Å². The summed E-state index contributed by atoms with van der Waals surface area (Å²) in [6, 6.07) is 10.7. The van der Waals surface area contributed by atoms with E-state index in [-0.39, 0.29) is 41.6 Å². The lowest BCUT2D eigenvalue weighted by Gasteiger charge is -2.51. The lowest BCUT2D eigenvalue weighted by molar-refractivity contribution is -0.0702. The van der Waals surface area contributed by atoms with Crippen LogP contribution in [0.15, 0.2) is 36.5 Å². The zero-order valence-electron chi connectivity index (χ0n) is 22.4. The molecule has 1 aromatic carbocycles. The normalized spacial score (nSPS) is 35.5. The van der Waals surface area contributed by atoms with Crippen molar-refractivity contribution >= 4 is 11.7 Å². The number of fused-ring (bicyclic) bond motifs is 4. The maximum absolute atomic E-state index is 13.7. The van der Waals surface area contributed by atoms with Crippen molar-refractivity contribution in [3.63, 3.8) is 0 Å². The van der Waals surface area contributed by atoms with Gasteiger partial charge in [0, 0.05) is 54.7 Å². The van der Waals surface area contributed by atoms with Gasteiger partial charge in [0.05, 0.1) is 11.2 Å². The van der Waals surface area contributed by atoms with Crippen LogP contribution in [0.3, 0.4) is 0 Å². The minimum absolute atomic E-state index is 0.0144. The number of alkyl halides is 2. The Morgan fingerprint density at radius 3 is 2.33 bits per heavy atom. The van der Waals surface area contributed by atoms with E-state index in [9.17, 15) is 18.7 Å². The number of carbonyl (C=O) groups excluding carboxylic acids is 1. The van der Waals surface area contributed by atoms with Crippen LogP contribution in [-0.2, 0) is 5.41 Å². The number of amides is 1. The highest BCUT2D eigenvalue weighted by Gasteiger charge is 2.61. The fraction of sp³-hybridized carbons (Fsp3) is 0.613. The lowest BCUT2D eigenvalue weighted by Crippen LogP contribution is -2.58. The van der Waals surface area contributed by atoms with E-state index in [2.05, 4.69) is 39.5 Å². The van der Waals surface area contributed by atoms with E-state index < -0.39 is 11.5 Å². The molecule has 1 saturated heterocycles. The molecule has 4 N–H and O–H groups in total. The number of nitrogens with two attached hydrogens (primary N) is 1. The Hall–Kier alpha value is -2.58. The Morgan fingerprint density at radius 1 is 1.00 bits per heavy atom. The standard InChI is InChI=1S/C31H38F2N4O2/c32-31(33)7-5-24(6-8-31)37-18-23-16-30(23,19-37)22-3-1-20(2-4-22)21-15-25(26(34)35-17-21)27(38)36-28-9-12-29(39,13-10-28)14-11-28/h1-4,15,17,23-24,39H,5-14,16,18-19H2,(H2,34,35)(H,36,38)/t23-,28?,29?,30+/m0/s1. The molecule has 208 valence electrons. The molecule has 6 nitrogen and oxygen atoms in total. The summed E-state index contributed by atoms with van der Waals surface area (Å²) >= 11 is 0. The van der Waals surface area contributed by atoms with E-state index >= 15 is 0 Å². The van der Waals surface area contributed by atoms with Gasteiger partial charge in [-0.25, -0.2) is 13.8 Å². The summed E-state index contributed by atoms with van der Waals surface area (Å²) in [6.45, 7) is 1.97. The second-order valence-electron chi connectivity index (χ2n) is 13.3. The molecule has 6 aliphatic rings. The Kier molecular flexibility index (Phi) is 5.67. The van der Waals surface area contributed by atoms with Gasteiger partial charge in [0.2, 0.25) is 5.92 Å². The van der Waals surface area contributed by atoms with Crippen LogP contribution in [0.5, 0.6) is 0 Å². The number of aromatic nitrogens is 1. The van der Waals surface area contributed by atoms with E-state index in [1.54, 1.807) is 6.20 Å². The summed E-state index contributed by atoms with van der Waals surface area (Å²) in [7, 11) is 0. The van der Waals surface area contributed by atoms with Gasteiger partial charge in [-0.15, -0.1) is 0 Å². The average molecular weight is 537 g/mol. The monoisotopic (exact) mass is 536 g/mol. The zero-order chi connectivity index (χ0) is 27.0. The molecule has 5 saturated carbocycles.